The molecule has 1 aromatic heterocycles. The summed E-state index contributed by atoms with van der Waals surface area (Å²) in [5.41, 5.74) is 1.00. The Morgan fingerprint density at radius 2 is 2.05 bits per heavy atom. The monoisotopic (exact) mass is 344 g/mol. The van der Waals surface area contributed by atoms with E-state index >= 15 is 0 Å². The number of sulfonamides is 1. The van der Waals surface area contributed by atoms with Crippen molar-refractivity contribution in [3.63, 3.8) is 0 Å². The van der Waals surface area contributed by atoms with Gasteiger partial charge in [-0.25, -0.2) is 8.42 Å². The molecule has 0 aliphatic rings. The Balaban J connectivity index is 2.35. The minimum Gasteiger partial charge on any atom is -0.390 e. The van der Waals surface area contributed by atoms with Crippen LogP contribution in [0.15, 0.2) is 45.9 Å². The summed E-state index contributed by atoms with van der Waals surface area (Å²) in [5, 5.41) is 9.09. The highest BCUT2D eigenvalue weighted by Crippen LogP contribution is 2.25. The molecular weight excluding hydrogens is 332 g/mol. The molecule has 0 unspecified atom stereocenters. The molecule has 0 saturated carbocycles. The van der Waals surface area contributed by atoms with Crippen LogP contribution in [-0.4, -0.2) is 18.1 Å². The van der Waals surface area contributed by atoms with E-state index < -0.39 is 10.0 Å². The van der Waals surface area contributed by atoms with E-state index in [9.17, 15) is 8.42 Å². The number of nitrogens with zero attached hydrogens (tertiary/aromatic N) is 1. The lowest BCUT2D eigenvalue weighted by Crippen LogP contribution is -2.12. The summed E-state index contributed by atoms with van der Waals surface area (Å²) in [6.07, 6.45) is 1.46. The standard InChI is InChI=1S/C12H13BrN2O3S/c1-15-7-10(6-9(15)8-16)19(17,18)14-12-5-3-2-4-11(12)13/h2-7,14,16H,8H2,1H3. The van der Waals surface area contributed by atoms with Gasteiger partial charge in [0.05, 0.1) is 12.3 Å². The zero-order chi connectivity index (χ0) is 14.0. The summed E-state index contributed by atoms with van der Waals surface area (Å²) >= 11 is 3.28. The maximum Gasteiger partial charge on any atom is 0.263 e. The number of anilines is 1. The second kappa shape index (κ2) is 5.36. The topological polar surface area (TPSA) is 71.3 Å². The quantitative estimate of drug-likeness (QED) is 0.891. The Hall–Kier alpha value is -1.31. The number of para-hydroxylation sites is 1. The first-order valence-electron chi connectivity index (χ1n) is 5.47. The number of benzene rings is 1. The molecule has 102 valence electrons. The van der Waals surface area contributed by atoms with Crippen molar-refractivity contribution in [1.29, 1.82) is 0 Å². The Bertz CT molecular complexity index is 695. The first kappa shape index (κ1) is 14.1. The summed E-state index contributed by atoms with van der Waals surface area (Å²) in [7, 11) is -1.98. The smallest absolute Gasteiger partial charge is 0.263 e. The summed E-state index contributed by atoms with van der Waals surface area (Å²) in [4.78, 5) is 0.120. The summed E-state index contributed by atoms with van der Waals surface area (Å²) in [6.45, 7) is -0.207. The first-order chi connectivity index (χ1) is 8.94. The predicted octanol–water partition coefficient (Wildman–Crippen LogP) is 2.08. The van der Waals surface area contributed by atoms with Crippen LogP contribution in [0.5, 0.6) is 0 Å². The molecule has 7 heteroatoms. The Kier molecular flexibility index (Phi) is 3.98. The van der Waals surface area contributed by atoms with E-state index in [2.05, 4.69) is 20.7 Å². The number of halogens is 1. The molecular formula is C12H13BrN2O3S. The van der Waals surface area contributed by atoms with E-state index in [1.165, 1.54) is 12.3 Å². The van der Waals surface area contributed by atoms with Crippen LogP contribution in [0.2, 0.25) is 0 Å². The molecule has 2 aromatic rings. The van der Waals surface area contributed by atoms with Gasteiger partial charge in [0.2, 0.25) is 0 Å². The lowest BCUT2D eigenvalue weighted by molar-refractivity contribution is 0.272. The van der Waals surface area contributed by atoms with Crippen LogP contribution in [-0.2, 0) is 23.7 Å². The number of rotatable bonds is 4. The molecule has 0 atom stereocenters. The average molecular weight is 345 g/mol. The fraction of sp³-hybridized carbons (Fsp3) is 0.167. The molecule has 0 radical (unpaired) electrons. The number of hydrogen-bond acceptors (Lipinski definition) is 3. The molecule has 1 heterocycles. The van der Waals surface area contributed by atoms with Crippen molar-refractivity contribution >= 4 is 31.6 Å². The van der Waals surface area contributed by atoms with Crippen molar-refractivity contribution in [3.8, 4) is 0 Å². The van der Waals surface area contributed by atoms with Gasteiger partial charge in [-0.05, 0) is 34.1 Å². The van der Waals surface area contributed by atoms with Gasteiger partial charge in [-0.3, -0.25) is 4.72 Å². The van der Waals surface area contributed by atoms with Crippen molar-refractivity contribution in [1.82, 2.24) is 4.57 Å². The maximum atomic E-state index is 12.2. The van der Waals surface area contributed by atoms with Gasteiger partial charge < -0.3 is 9.67 Å². The van der Waals surface area contributed by atoms with E-state index in [4.69, 9.17) is 5.11 Å². The summed E-state index contributed by atoms with van der Waals surface area (Å²) in [5.74, 6) is 0. The van der Waals surface area contributed by atoms with Crippen molar-refractivity contribution < 1.29 is 13.5 Å². The molecule has 0 aliphatic carbocycles. The highest BCUT2D eigenvalue weighted by Gasteiger charge is 2.18. The zero-order valence-corrected chi connectivity index (χ0v) is 12.6. The van der Waals surface area contributed by atoms with Crippen LogP contribution in [0.3, 0.4) is 0 Å². The first-order valence-corrected chi connectivity index (χ1v) is 7.75. The van der Waals surface area contributed by atoms with Gasteiger partial charge in [0.25, 0.3) is 10.0 Å². The van der Waals surface area contributed by atoms with Crippen LogP contribution >= 0.6 is 15.9 Å². The fourth-order valence-electron chi connectivity index (χ4n) is 1.63. The molecule has 0 amide bonds. The molecule has 19 heavy (non-hydrogen) atoms. The largest absolute Gasteiger partial charge is 0.390 e. The molecule has 1 aromatic carbocycles. The number of aliphatic hydroxyl groups excluding tert-OH is 1. The lowest BCUT2D eigenvalue weighted by atomic mass is 10.3. The molecule has 0 saturated heterocycles. The minimum absolute atomic E-state index is 0.120. The van der Waals surface area contributed by atoms with Crippen molar-refractivity contribution in [2.45, 2.75) is 11.5 Å². The highest BCUT2D eigenvalue weighted by atomic mass is 79.9. The van der Waals surface area contributed by atoms with Gasteiger partial charge >= 0.3 is 0 Å². The Morgan fingerprint density at radius 1 is 1.37 bits per heavy atom. The third-order valence-electron chi connectivity index (χ3n) is 2.67. The van der Waals surface area contributed by atoms with E-state index in [1.54, 1.807) is 35.9 Å². The minimum atomic E-state index is -3.66. The van der Waals surface area contributed by atoms with E-state index in [1.807, 2.05) is 0 Å². The fourth-order valence-corrected chi connectivity index (χ4v) is 3.32. The summed E-state index contributed by atoms with van der Waals surface area (Å²) < 4.78 is 29.2. The highest BCUT2D eigenvalue weighted by molar-refractivity contribution is 9.10. The van der Waals surface area contributed by atoms with Crippen LogP contribution in [0, 0.1) is 0 Å². The number of aryl methyl sites for hydroxylation is 1. The van der Waals surface area contributed by atoms with E-state index in [0.717, 1.165) is 0 Å². The number of aromatic nitrogens is 1. The third-order valence-corrected chi connectivity index (χ3v) is 4.70. The number of aliphatic hydroxyl groups is 1. The second-order valence-electron chi connectivity index (χ2n) is 4.02. The van der Waals surface area contributed by atoms with Crippen LogP contribution < -0.4 is 4.72 Å². The van der Waals surface area contributed by atoms with Gasteiger partial charge in [-0.2, -0.15) is 0 Å². The Morgan fingerprint density at radius 3 is 2.63 bits per heavy atom. The Labute approximate surface area is 120 Å². The van der Waals surface area contributed by atoms with Gasteiger partial charge in [0.1, 0.15) is 4.90 Å². The van der Waals surface area contributed by atoms with E-state index in [-0.39, 0.29) is 11.5 Å². The maximum absolute atomic E-state index is 12.2. The lowest BCUT2D eigenvalue weighted by Gasteiger charge is -2.07. The molecule has 5 nitrogen and oxygen atoms in total. The summed E-state index contributed by atoms with van der Waals surface area (Å²) in [6, 6.07) is 8.40. The van der Waals surface area contributed by atoms with Gasteiger partial charge in [-0.1, -0.05) is 12.1 Å². The molecule has 0 bridgehead atoms. The van der Waals surface area contributed by atoms with Gasteiger partial charge in [0.15, 0.2) is 0 Å². The normalized spacial score (nSPS) is 11.5. The van der Waals surface area contributed by atoms with Gasteiger partial charge in [-0.15, -0.1) is 0 Å². The third kappa shape index (κ3) is 2.99. The molecule has 2 rings (SSSR count). The molecule has 0 spiro atoms. The van der Waals surface area contributed by atoms with Gasteiger partial charge in [0, 0.05) is 23.4 Å². The van der Waals surface area contributed by atoms with E-state index in [0.29, 0.717) is 15.9 Å². The van der Waals surface area contributed by atoms with Crippen molar-refractivity contribution in [2.75, 3.05) is 4.72 Å². The molecule has 0 aliphatic heterocycles. The molecule has 0 fully saturated rings. The van der Waals surface area contributed by atoms with Crippen LogP contribution in [0.25, 0.3) is 0 Å². The number of nitrogens with one attached hydrogen (secondary N) is 1. The predicted molar refractivity (Wildman–Crippen MR) is 76.3 cm³/mol. The number of hydrogen-bond donors (Lipinski definition) is 2. The van der Waals surface area contributed by atoms with Crippen LogP contribution in [0.1, 0.15) is 5.69 Å². The second-order valence-corrected chi connectivity index (χ2v) is 6.56. The van der Waals surface area contributed by atoms with Crippen LogP contribution in [0.4, 0.5) is 5.69 Å². The SMILES string of the molecule is Cn1cc(S(=O)(=O)Nc2ccccc2Br)cc1CO. The van der Waals surface area contributed by atoms with Crippen molar-refractivity contribution in [2.24, 2.45) is 7.05 Å². The average Bonchev–Trinajstić information content (AvgIpc) is 2.74. The molecule has 2 N–H and O–H groups in total. The van der Waals surface area contributed by atoms with Crippen molar-refractivity contribution in [3.05, 3.63) is 46.7 Å². The zero-order valence-electron chi connectivity index (χ0n) is 10.2.